The fraction of sp³-hybridized carbons (Fsp3) is 0.0357. The Morgan fingerprint density at radius 1 is 0.824 bits per heavy atom. The molecule has 0 saturated heterocycles. The van der Waals surface area contributed by atoms with Gasteiger partial charge in [-0.2, -0.15) is 0 Å². The number of carbonyl (C=O) groups excluding carboxylic acids is 2. The maximum atomic E-state index is 13.6. The third kappa shape index (κ3) is 4.09. The van der Waals surface area contributed by atoms with Crippen molar-refractivity contribution in [1.29, 1.82) is 0 Å². The predicted octanol–water partition coefficient (Wildman–Crippen LogP) is 6.29. The summed E-state index contributed by atoms with van der Waals surface area (Å²) in [4.78, 5) is 32.8. The quantitative estimate of drug-likeness (QED) is 0.219. The van der Waals surface area contributed by atoms with Crippen LogP contribution in [0.15, 0.2) is 110 Å². The monoisotopic (exact) mass is 465 g/mol. The first-order valence-electron chi connectivity index (χ1n) is 10.8. The standard InChI is InChI=1S/C28H20ClN3O2/c29-25-14-6-4-9-20(25)18-31-19-24(23-13-5-7-15-26(23)31)27(33)28(34)32(21-10-2-1-3-11-21)22-12-8-16-30-17-22/h1-17,19H,18H2. The number of pyridine rings is 1. The van der Waals surface area contributed by atoms with E-state index in [1.165, 1.54) is 4.90 Å². The molecule has 0 aliphatic heterocycles. The van der Waals surface area contributed by atoms with Gasteiger partial charge in [0.25, 0.3) is 5.78 Å². The minimum Gasteiger partial charge on any atom is -0.342 e. The highest BCUT2D eigenvalue weighted by Crippen LogP contribution is 2.29. The van der Waals surface area contributed by atoms with Crippen molar-refractivity contribution in [2.45, 2.75) is 6.54 Å². The summed E-state index contributed by atoms with van der Waals surface area (Å²) in [5.41, 5.74) is 3.24. The lowest BCUT2D eigenvalue weighted by atomic mass is 10.1. The molecule has 166 valence electrons. The fourth-order valence-electron chi connectivity index (χ4n) is 4.03. The molecule has 5 rings (SSSR count). The molecule has 0 N–H and O–H groups in total. The van der Waals surface area contributed by atoms with Crippen LogP contribution in [0.4, 0.5) is 11.4 Å². The third-order valence-corrected chi connectivity index (χ3v) is 6.02. The highest BCUT2D eigenvalue weighted by atomic mass is 35.5. The molecule has 0 spiro atoms. The highest BCUT2D eigenvalue weighted by Gasteiger charge is 2.28. The number of amides is 1. The summed E-state index contributed by atoms with van der Waals surface area (Å²) in [6, 6.07) is 27.7. The lowest BCUT2D eigenvalue weighted by Gasteiger charge is -2.21. The van der Waals surface area contributed by atoms with Gasteiger partial charge in [0, 0.05) is 40.6 Å². The Morgan fingerprint density at radius 2 is 1.53 bits per heavy atom. The molecule has 0 atom stereocenters. The SMILES string of the molecule is O=C(C(=O)N(c1ccccc1)c1cccnc1)c1cn(Cc2ccccc2Cl)c2ccccc12. The number of nitrogens with zero attached hydrogens (tertiary/aromatic N) is 3. The lowest BCUT2D eigenvalue weighted by Crippen LogP contribution is -2.33. The van der Waals surface area contributed by atoms with Crippen molar-refractivity contribution < 1.29 is 9.59 Å². The smallest absolute Gasteiger partial charge is 0.304 e. The van der Waals surface area contributed by atoms with Crippen LogP contribution >= 0.6 is 11.6 Å². The number of rotatable bonds is 6. The van der Waals surface area contributed by atoms with E-state index in [0.29, 0.717) is 33.9 Å². The van der Waals surface area contributed by atoms with Crippen LogP contribution in [0, 0.1) is 0 Å². The molecule has 6 heteroatoms. The lowest BCUT2D eigenvalue weighted by molar-refractivity contribution is -0.114. The number of benzene rings is 3. The summed E-state index contributed by atoms with van der Waals surface area (Å²) in [7, 11) is 0. The van der Waals surface area contributed by atoms with E-state index in [0.717, 1.165) is 11.1 Å². The summed E-state index contributed by atoms with van der Waals surface area (Å²) in [5, 5.41) is 1.36. The van der Waals surface area contributed by atoms with Crippen molar-refractivity contribution in [3.8, 4) is 0 Å². The molecule has 5 aromatic rings. The van der Waals surface area contributed by atoms with Crippen LogP contribution in [0.1, 0.15) is 15.9 Å². The molecule has 3 aromatic carbocycles. The first kappa shape index (κ1) is 21.6. The molecule has 34 heavy (non-hydrogen) atoms. The normalized spacial score (nSPS) is 10.9. The van der Waals surface area contributed by atoms with E-state index >= 15 is 0 Å². The molecule has 1 amide bonds. The maximum absolute atomic E-state index is 13.6. The summed E-state index contributed by atoms with van der Waals surface area (Å²) < 4.78 is 1.95. The minimum absolute atomic E-state index is 0.345. The number of para-hydroxylation sites is 2. The van der Waals surface area contributed by atoms with E-state index < -0.39 is 11.7 Å². The van der Waals surface area contributed by atoms with Gasteiger partial charge >= 0.3 is 5.91 Å². The Bertz CT molecular complexity index is 1440. The van der Waals surface area contributed by atoms with Crippen molar-refractivity contribution in [3.63, 3.8) is 0 Å². The predicted molar refractivity (Wildman–Crippen MR) is 135 cm³/mol. The molecule has 0 radical (unpaired) electrons. The van der Waals surface area contributed by atoms with E-state index in [1.807, 2.05) is 71.3 Å². The van der Waals surface area contributed by atoms with Crippen LogP contribution in [0.5, 0.6) is 0 Å². The molecule has 0 fully saturated rings. The highest BCUT2D eigenvalue weighted by molar-refractivity contribution is 6.50. The fourth-order valence-corrected chi connectivity index (χ4v) is 4.23. The first-order chi connectivity index (χ1) is 16.6. The Morgan fingerprint density at radius 3 is 2.29 bits per heavy atom. The second-order valence-corrected chi connectivity index (χ2v) is 8.20. The van der Waals surface area contributed by atoms with E-state index in [2.05, 4.69) is 4.98 Å². The maximum Gasteiger partial charge on any atom is 0.304 e. The van der Waals surface area contributed by atoms with Crippen molar-refractivity contribution >= 4 is 45.6 Å². The average Bonchev–Trinajstić information content (AvgIpc) is 3.25. The van der Waals surface area contributed by atoms with Gasteiger partial charge in [0.2, 0.25) is 0 Å². The molecular formula is C28H20ClN3O2. The van der Waals surface area contributed by atoms with E-state index in [4.69, 9.17) is 11.6 Å². The van der Waals surface area contributed by atoms with Crippen LogP contribution in [0.2, 0.25) is 5.02 Å². The molecule has 0 aliphatic carbocycles. The molecule has 0 bridgehead atoms. The zero-order valence-corrected chi connectivity index (χ0v) is 18.9. The van der Waals surface area contributed by atoms with Crippen LogP contribution in [0.25, 0.3) is 10.9 Å². The van der Waals surface area contributed by atoms with Gasteiger partial charge in [-0.1, -0.05) is 66.2 Å². The number of hydrogen-bond acceptors (Lipinski definition) is 3. The number of ketones is 1. The zero-order valence-electron chi connectivity index (χ0n) is 18.1. The second-order valence-electron chi connectivity index (χ2n) is 7.80. The Balaban J connectivity index is 1.57. The van der Waals surface area contributed by atoms with E-state index in [1.54, 1.807) is 42.9 Å². The van der Waals surface area contributed by atoms with Crippen LogP contribution in [-0.2, 0) is 11.3 Å². The molecule has 0 unspecified atom stereocenters. The van der Waals surface area contributed by atoms with Gasteiger partial charge in [0.1, 0.15) is 0 Å². The van der Waals surface area contributed by atoms with Crippen LogP contribution in [-0.4, -0.2) is 21.2 Å². The largest absolute Gasteiger partial charge is 0.342 e. The molecule has 5 nitrogen and oxygen atoms in total. The van der Waals surface area contributed by atoms with Crippen molar-refractivity contribution in [3.05, 3.63) is 126 Å². The van der Waals surface area contributed by atoms with Crippen LogP contribution < -0.4 is 4.90 Å². The van der Waals surface area contributed by atoms with Gasteiger partial charge in [-0.05, 0) is 42.0 Å². The van der Waals surface area contributed by atoms with Gasteiger partial charge in [-0.15, -0.1) is 0 Å². The summed E-state index contributed by atoms with van der Waals surface area (Å²) >= 11 is 6.38. The number of fused-ring (bicyclic) bond motifs is 1. The van der Waals surface area contributed by atoms with E-state index in [9.17, 15) is 9.59 Å². The van der Waals surface area contributed by atoms with Crippen molar-refractivity contribution in [2.24, 2.45) is 0 Å². The number of anilines is 2. The number of hydrogen-bond donors (Lipinski definition) is 0. The zero-order chi connectivity index (χ0) is 23.5. The first-order valence-corrected chi connectivity index (χ1v) is 11.2. The van der Waals surface area contributed by atoms with E-state index in [-0.39, 0.29) is 0 Å². The van der Waals surface area contributed by atoms with Crippen molar-refractivity contribution in [2.75, 3.05) is 4.90 Å². The number of carbonyl (C=O) groups is 2. The van der Waals surface area contributed by atoms with Crippen molar-refractivity contribution in [1.82, 2.24) is 9.55 Å². The van der Waals surface area contributed by atoms with Crippen LogP contribution in [0.3, 0.4) is 0 Å². The topological polar surface area (TPSA) is 55.2 Å². The number of aromatic nitrogens is 2. The Kier molecular flexibility index (Phi) is 5.93. The molecule has 2 heterocycles. The third-order valence-electron chi connectivity index (χ3n) is 5.65. The molecule has 0 aliphatic rings. The molecule has 2 aromatic heterocycles. The summed E-state index contributed by atoms with van der Waals surface area (Å²) in [5.74, 6) is -1.25. The second kappa shape index (κ2) is 9.33. The molecule has 0 saturated carbocycles. The number of Topliss-reactive ketones (excluding diaryl/α,β-unsaturated/α-hetero) is 1. The summed E-state index contributed by atoms with van der Waals surface area (Å²) in [6.45, 7) is 0.479. The van der Waals surface area contributed by atoms with Gasteiger partial charge in [-0.25, -0.2) is 0 Å². The Hall–Kier alpha value is -4.22. The molecular weight excluding hydrogens is 446 g/mol. The average molecular weight is 466 g/mol. The van der Waals surface area contributed by atoms with Gasteiger partial charge in [-0.3, -0.25) is 19.5 Å². The Labute approximate surface area is 201 Å². The van der Waals surface area contributed by atoms with Gasteiger partial charge in [0.05, 0.1) is 17.4 Å². The number of halogens is 1. The van der Waals surface area contributed by atoms with Gasteiger partial charge < -0.3 is 4.57 Å². The minimum atomic E-state index is -0.653. The van der Waals surface area contributed by atoms with Gasteiger partial charge in [0.15, 0.2) is 0 Å². The summed E-state index contributed by atoms with van der Waals surface area (Å²) in [6.07, 6.45) is 4.93.